The van der Waals surface area contributed by atoms with Gasteiger partial charge in [0.15, 0.2) is 0 Å². The van der Waals surface area contributed by atoms with Gasteiger partial charge in [0, 0.05) is 28.5 Å². The van der Waals surface area contributed by atoms with Gasteiger partial charge < -0.3 is 9.52 Å². The summed E-state index contributed by atoms with van der Waals surface area (Å²) in [6.45, 7) is 0. The monoisotopic (exact) mass is 415 g/mol. The van der Waals surface area contributed by atoms with Gasteiger partial charge in [-0.25, -0.2) is 0 Å². The summed E-state index contributed by atoms with van der Waals surface area (Å²) >= 11 is 5.13. The minimum atomic E-state index is 0.170. The SMILES string of the molecule is CSc1ccccc1N=Cc1c(O)c(Br)cc2c3c(oc12)CCCC3. The number of phenolic OH excluding ortho intramolecular Hbond substituents is 1. The number of furan rings is 1. The standard InChI is InChI=1S/C20H18BrNO2S/c1-25-18-9-5-3-7-16(18)22-11-14-19(23)15(21)10-13-12-6-2-4-8-17(12)24-20(13)14/h3,5,7,9-11,23H,2,4,6,8H2,1H3. The number of hydrogen-bond donors (Lipinski definition) is 1. The van der Waals surface area contributed by atoms with Crippen LogP contribution in [0.5, 0.6) is 5.75 Å². The van der Waals surface area contributed by atoms with Gasteiger partial charge in [0.2, 0.25) is 0 Å². The highest BCUT2D eigenvalue weighted by molar-refractivity contribution is 9.10. The Kier molecular flexibility index (Phi) is 4.61. The molecule has 3 nitrogen and oxygen atoms in total. The molecule has 5 heteroatoms. The quantitative estimate of drug-likeness (QED) is 0.405. The van der Waals surface area contributed by atoms with Crippen LogP contribution in [0.15, 0.2) is 49.1 Å². The Bertz CT molecular complexity index is 977. The van der Waals surface area contributed by atoms with Crippen LogP contribution in [0.4, 0.5) is 5.69 Å². The van der Waals surface area contributed by atoms with Crippen molar-refractivity contribution in [2.24, 2.45) is 4.99 Å². The first kappa shape index (κ1) is 16.7. The molecule has 0 spiro atoms. The number of rotatable bonds is 3. The second-order valence-electron chi connectivity index (χ2n) is 6.14. The Morgan fingerprint density at radius 1 is 1.24 bits per heavy atom. The summed E-state index contributed by atoms with van der Waals surface area (Å²) in [5.74, 6) is 1.22. The van der Waals surface area contributed by atoms with Gasteiger partial charge in [-0.2, -0.15) is 0 Å². The van der Waals surface area contributed by atoms with Crippen molar-refractivity contribution in [3.8, 4) is 5.75 Å². The van der Waals surface area contributed by atoms with Gasteiger partial charge in [-0.3, -0.25) is 4.99 Å². The Labute approximate surface area is 159 Å². The van der Waals surface area contributed by atoms with Crippen LogP contribution in [0.1, 0.15) is 29.7 Å². The fourth-order valence-corrected chi connectivity index (χ4v) is 4.35. The summed E-state index contributed by atoms with van der Waals surface area (Å²) < 4.78 is 6.80. The lowest BCUT2D eigenvalue weighted by molar-refractivity contribution is 0.467. The van der Waals surface area contributed by atoms with Crippen LogP contribution in [0.25, 0.3) is 11.0 Å². The van der Waals surface area contributed by atoms with Gasteiger partial charge in [-0.15, -0.1) is 11.8 Å². The maximum Gasteiger partial charge on any atom is 0.147 e. The molecule has 0 saturated carbocycles. The van der Waals surface area contributed by atoms with Crippen LogP contribution in [0.2, 0.25) is 0 Å². The van der Waals surface area contributed by atoms with Crippen molar-refractivity contribution in [3.05, 3.63) is 51.7 Å². The van der Waals surface area contributed by atoms with Crippen LogP contribution in [-0.2, 0) is 12.8 Å². The van der Waals surface area contributed by atoms with E-state index in [0.717, 1.165) is 46.6 Å². The van der Waals surface area contributed by atoms with Crippen molar-refractivity contribution < 1.29 is 9.52 Å². The molecule has 128 valence electrons. The lowest BCUT2D eigenvalue weighted by Gasteiger charge is -2.08. The zero-order chi connectivity index (χ0) is 17.4. The number of phenols is 1. The minimum absolute atomic E-state index is 0.170. The first-order valence-corrected chi connectivity index (χ1v) is 10.3. The highest BCUT2D eigenvalue weighted by atomic mass is 79.9. The maximum atomic E-state index is 10.6. The van der Waals surface area contributed by atoms with Gasteiger partial charge in [0.25, 0.3) is 0 Å². The molecule has 0 atom stereocenters. The van der Waals surface area contributed by atoms with E-state index < -0.39 is 0 Å². The molecule has 0 unspecified atom stereocenters. The number of aromatic hydroxyl groups is 1. The molecule has 2 aromatic carbocycles. The third-order valence-corrected chi connectivity index (χ3v) is 6.02. The molecule has 0 aliphatic heterocycles. The van der Waals surface area contributed by atoms with Crippen molar-refractivity contribution in [3.63, 3.8) is 0 Å². The fourth-order valence-electron chi connectivity index (χ4n) is 3.36. The van der Waals surface area contributed by atoms with Crippen molar-refractivity contribution in [2.75, 3.05) is 6.26 Å². The fraction of sp³-hybridized carbons (Fsp3) is 0.250. The number of fused-ring (bicyclic) bond motifs is 3. The van der Waals surface area contributed by atoms with E-state index in [9.17, 15) is 5.11 Å². The van der Waals surface area contributed by atoms with Crippen molar-refractivity contribution in [1.29, 1.82) is 0 Å². The summed E-state index contributed by atoms with van der Waals surface area (Å²) in [6.07, 6.45) is 8.09. The number of nitrogens with zero attached hydrogens (tertiary/aromatic N) is 1. The summed E-state index contributed by atoms with van der Waals surface area (Å²) in [5.41, 5.74) is 3.53. The molecule has 1 aliphatic carbocycles. The Hall–Kier alpha value is -1.72. The molecule has 0 bridgehead atoms. The van der Waals surface area contributed by atoms with Crippen LogP contribution >= 0.6 is 27.7 Å². The predicted octanol–water partition coefficient (Wildman–Crippen LogP) is 6.25. The predicted molar refractivity (Wildman–Crippen MR) is 108 cm³/mol. The zero-order valence-corrected chi connectivity index (χ0v) is 16.3. The molecule has 1 aliphatic rings. The number of para-hydroxylation sites is 1. The van der Waals surface area contributed by atoms with E-state index >= 15 is 0 Å². The van der Waals surface area contributed by atoms with E-state index in [1.165, 1.54) is 12.0 Å². The van der Waals surface area contributed by atoms with Crippen molar-refractivity contribution in [2.45, 2.75) is 30.6 Å². The Morgan fingerprint density at radius 2 is 2.04 bits per heavy atom. The van der Waals surface area contributed by atoms with E-state index in [1.807, 2.05) is 36.6 Å². The van der Waals surface area contributed by atoms with Gasteiger partial charge in [-0.05, 0) is 59.6 Å². The highest BCUT2D eigenvalue weighted by Crippen LogP contribution is 2.40. The van der Waals surface area contributed by atoms with Crippen molar-refractivity contribution in [1.82, 2.24) is 0 Å². The summed E-state index contributed by atoms with van der Waals surface area (Å²) in [5, 5.41) is 11.6. The summed E-state index contributed by atoms with van der Waals surface area (Å²) in [6, 6.07) is 9.95. The Balaban J connectivity index is 1.87. The van der Waals surface area contributed by atoms with E-state index in [0.29, 0.717) is 10.0 Å². The molecule has 3 aromatic rings. The number of aliphatic imine (C=N–C) groups is 1. The molecule has 1 N–H and O–H groups in total. The van der Waals surface area contributed by atoms with E-state index in [2.05, 4.69) is 20.9 Å². The number of benzene rings is 2. The zero-order valence-electron chi connectivity index (χ0n) is 13.9. The van der Waals surface area contributed by atoms with Crippen LogP contribution in [0, 0.1) is 0 Å². The van der Waals surface area contributed by atoms with Gasteiger partial charge in [-0.1, -0.05) is 12.1 Å². The smallest absolute Gasteiger partial charge is 0.147 e. The first-order chi connectivity index (χ1) is 12.2. The Morgan fingerprint density at radius 3 is 2.88 bits per heavy atom. The van der Waals surface area contributed by atoms with E-state index in [1.54, 1.807) is 18.0 Å². The highest BCUT2D eigenvalue weighted by Gasteiger charge is 2.22. The topological polar surface area (TPSA) is 45.7 Å². The first-order valence-electron chi connectivity index (χ1n) is 8.32. The van der Waals surface area contributed by atoms with Crippen LogP contribution in [0.3, 0.4) is 0 Å². The molecule has 0 fully saturated rings. The van der Waals surface area contributed by atoms with E-state index in [-0.39, 0.29) is 5.75 Å². The van der Waals surface area contributed by atoms with E-state index in [4.69, 9.17) is 4.42 Å². The average molecular weight is 416 g/mol. The molecular weight excluding hydrogens is 398 g/mol. The minimum Gasteiger partial charge on any atom is -0.506 e. The largest absolute Gasteiger partial charge is 0.506 e. The number of thioether (sulfide) groups is 1. The molecule has 0 radical (unpaired) electrons. The summed E-state index contributed by atoms with van der Waals surface area (Å²) in [7, 11) is 0. The third-order valence-electron chi connectivity index (χ3n) is 4.63. The molecular formula is C20H18BrNO2S. The summed E-state index contributed by atoms with van der Waals surface area (Å²) in [4.78, 5) is 5.72. The van der Waals surface area contributed by atoms with Crippen LogP contribution in [-0.4, -0.2) is 17.6 Å². The van der Waals surface area contributed by atoms with Gasteiger partial charge in [0.1, 0.15) is 17.1 Å². The number of hydrogen-bond acceptors (Lipinski definition) is 4. The third kappa shape index (κ3) is 3.00. The molecule has 1 heterocycles. The molecule has 0 amide bonds. The average Bonchev–Trinajstić information content (AvgIpc) is 3.00. The lowest BCUT2D eigenvalue weighted by Crippen LogP contribution is -1.98. The second-order valence-corrected chi connectivity index (χ2v) is 7.84. The lowest BCUT2D eigenvalue weighted by atomic mass is 9.95. The molecule has 1 aromatic heterocycles. The second kappa shape index (κ2) is 6.89. The van der Waals surface area contributed by atoms with Gasteiger partial charge >= 0.3 is 0 Å². The normalized spacial score (nSPS) is 14.3. The molecule has 4 rings (SSSR count). The van der Waals surface area contributed by atoms with Crippen LogP contribution < -0.4 is 0 Å². The number of aryl methyl sites for hydroxylation is 2. The van der Waals surface area contributed by atoms with Crippen molar-refractivity contribution >= 4 is 50.6 Å². The molecule has 0 saturated heterocycles. The molecule has 25 heavy (non-hydrogen) atoms. The maximum absolute atomic E-state index is 10.6. The number of halogens is 1. The van der Waals surface area contributed by atoms with Gasteiger partial charge in [0.05, 0.1) is 15.7 Å².